The first-order chi connectivity index (χ1) is 11.9. The second-order valence-corrected chi connectivity index (χ2v) is 6.54. The molecule has 0 aromatic heterocycles. The SMILES string of the molecule is Nc1ccc(N(Cc2ccccc2C(F)(F)F)[C@H]2CCNC2)cc1Cl. The maximum Gasteiger partial charge on any atom is 0.416 e. The molecule has 2 aromatic carbocycles. The third kappa shape index (κ3) is 4.02. The van der Waals surface area contributed by atoms with Gasteiger partial charge in [-0.3, -0.25) is 0 Å². The monoisotopic (exact) mass is 369 g/mol. The van der Waals surface area contributed by atoms with Crippen LogP contribution in [0, 0.1) is 0 Å². The first-order valence-corrected chi connectivity index (χ1v) is 8.41. The first-order valence-electron chi connectivity index (χ1n) is 8.04. The molecule has 1 heterocycles. The van der Waals surface area contributed by atoms with E-state index in [9.17, 15) is 13.2 Å². The minimum atomic E-state index is -4.38. The van der Waals surface area contributed by atoms with Crippen molar-refractivity contribution in [1.29, 1.82) is 0 Å². The fourth-order valence-electron chi connectivity index (χ4n) is 3.15. The highest BCUT2D eigenvalue weighted by molar-refractivity contribution is 6.33. The number of hydrogen-bond acceptors (Lipinski definition) is 3. The van der Waals surface area contributed by atoms with E-state index in [1.165, 1.54) is 12.1 Å². The van der Waals surface area contributed by atoms with Gasteiger partial charge in [0.1, 0.15) is 0 Å². The summed E-state index contributed by atoms with van der Waals surface area (Å²) in [6.45, 7) is 1.71. The van der Waals surface area contributed by atoms with E-state index in [-0.39, 0.29) is 18.2 Å². The van der Waals surface area contributed by atoms with Crippen LogP contribution in [-0.2, 0) is 12.7 Å². The molecule has 0 amide bonds. The standard InChI is InChI=1S/C18H19ClF3N3/c19-16-9-13(5-6-17(16)23)25(14-7-8-24-10-14)11-12-3-1-2-4-15(12)18(20,21)22/h1-6,9,14,24H,7-8,10-11,23H2/t14-/m0/s1. The molecule has 1 aliphatic heterocycles. The van der Waals surface area contributed by atoms with Crippen LogP contribution in [0.2, 0.25) is 5.02 Å². The number of halogens is 4. The van der Waals surface area contributed by atoms with Crippen molar-refractivity contribution >= 4 is 23.0 Å². The van der Waals surface area contributed by atoms with Gasteiger partial charge in [0.15, 0.2) is 0 Å². The molecule has 7 heteroatoms. The lowest BCUT2D eigenvalue weighted by Crippen LogP contribution is -2.37. The van der Waals surface area contributed by atoms with E-state index in [4.69, 9.17) is 17.3 Å². The van der Waals surface area contributed by atoms with Crippen LogP contribution in [-0.4, -0.2) is 19.1 Å². The van der Waals surface area contributed by atoms with Crippen molar-refractivity contribution in [3.8, 4) is 0 Å². The van der Waals surface area contributed by atoms with Gasteiger partial charge in [-0.15, -0.1) is 0 Å². The summed E-state index contributed by atoms with van der Waals surface area (Å²) in [5, 5.41) is 3.66. The average molecular weight is 370 g/mol. The van der Waals surface area contributed by atoms with Crippen LogP contribution in [0.4, 0.5) is 24.5 Å². The number of nitrogens with zero attached hydrogens (tertiary/aromatic N) is 1. The molecule has 0 aliphatic carbocycles. The van der Waals surface area contributed by atoms with Gasteiger partial charge in [0, 0.05) is 24.8 Å². The van der Waals surface area contributed by atoms with Gasteiger partial charge < -0.3 is 16.0 Å². The number of nitrogens with one attached hydrogen (secondary N) is 1. The Balaban J connectivity index is 1.98. The fourth-order valence-corrected chi connectivity index (χ4v) is 3.32. The lowest BCUT2D eigenvalue weighted by molar-refractivity contribution is -0.138. The summed E-state index contributed by atoms with van der Waals surface area (Å²) in [5.41, 5.74) is 6.62. The highest BCUT2D eigenvalue weighted by Crippen LogP contribution is 2.34. The molecule has 3 nitrogen and oxygen atoms in total. The number of alkyl halides is 3. The molecule has 2 aromatic rings. The number of hydrogen-bond donors (Lipinski definition) is 2. The van der Waals surface area contributed by atoms with Crippen molar-refractivity contribution in [1.82, 2.24) is 5.32 Å². The van der Waals surface area contributed by atoms with Crippen molar-refractivity contribution in [2.24, 2.45) is 0 Å². The molecule has 0 unspecified atom stereocenters. The summed E-state index contributed by atoms with van der Waals surface area (Å²) in [6.07, 6.45) is -3.52. The number of anilines is 2. The topological polar surface area (TPSA) is 41.3 Å². The number of benzene rings is 2. The summed E-state index contributed by atoms with van der Waals surface area (Å²) in [4.78, 5) is 1.97. The van der Waals surface area contributed by atoms with Gasteiger partial charge >= 0.3 is 6.18 Å². The lowest BCUT2D eigenvalue weighted by atomic mass is 10.0. The highest BCUT2D eigenvalue weighted by atomic mass is 35.5. The second kappa shape index (κ2) is 7.14. The number of nitrogens with two attached hydrogens (primary N) is 1. The molecule has 1 atom stereocenters. The Morgan fingerprint density at radius 2 is 1.96 bits per heavy atom. The van der Waals surface area contributed by atoms with Gasteiger partial charge in [-0.1, -0.05) is 29.8 Å². The molecule has 25 heavy (non-hydrogen) atoms. The van der Waals surface area contributed by atoms with Gasteiger partial charge in [0.2, 0.25) is 0 Å². The minimum Gasteiger partial charge on any atom is -0.398 e. The Kier molecular flexibility index (Phi) is 5.11. The van der Waals surface area contributed by atoms with E-state index in [0.717, 1.165) is 31.3 Å². The average Bonchev–Trinajstić information content (AvgIpc) is 3.09. The van der Waals surface area contributed by atoms with Crippen LogP contribution < -0.4 is 16.0 Å². The van der Waals surface area contributed by atoms with E-state index in [0.29, 0.717) is 10.7 Å². The van der Waals surface area contributed by atoms with Crippen molar-refractivity contribution < 1.29 is 13.2 Å². The number of rotatable bonds is 4. The molecule has 0 spiro atoms. The van der Waals surface area contributed by atoms with Crippen LogP contribution in [0.1, 0.15) is 17.5 Å². The predicted molar refractivity (Wildman–Crippen MR) is 94.8 cm³/mol. The van der Waals surface area contributed by atoms with Gasteiger partial charge in [-0.2, -0.15) is 13.2 Å². The van der Waals surface area contributed by atoms with Gasteiger partial charge in [0.05, 0.1) is 16.3 Å². The van der Waals surface area contributed by atoms with Gasteiger partial charge in [0.25, 0.3) is 0 Å². The zero-order chi connectivity index (χ0) is 18.0. The van der Waals surface area contributed by atoms with E-state index in [1.807, 2.05) is 4.90 Å². The zero-order valence-electron chi connectivity index (χ0n) is 13.5. The van der Waals surface area contributed by atoms with Crippen molar-refractivity contribution in [2.75, 3.05) is 23.7 Å². The van der Waals surface area contributed by atoms with Gasteiger partial charge in [-0.25, -0.2) is 0 Å². The quantitative estimate of drug-likeness (QED) is 0.789. The molecule has 1 saturated heterocycles. The van der Waals surface area contributed by atoms with Crippen molar-refractivity contribution in [2.45, 2.75) is 25.2 Å². The Morgan fingerprint density at radius 1 is 1.20 bits per heavy atom. The largest absolute Gasteiger partial charge is 0.416 e. The van der Waals surface area contributed by atoms with Crippen LogP contribution in [0.25, 0.3) is 0 Å². The van der Waals surface area contributed by atoms with Crippen LogP contribution in [0.5, 0.6) is 0 Å². The summed E-state index contributed by atoms with van der Waals surface area (Å²) in [6, 6.07) is 11.0. The van der Waals surface area contributed by atoms with E-state index >= 15 is 0 Å². The fraction of sp³-hybridized carbons (Fsp3) is 0.333. The normalized spacial score (nSPS) is 17.7. The maximum absolute atomic E-state index is 13.3. The summed E-state index contributed by atoms with van der Waals surface area (Å²) in [7, 11) is 0. The second-order valence-electron chi connectivity index (χ2n) is 6.14. The van der Waals surface area contributed by atoms with Gasteiger partial charge in [-0.05, 0) is 42.8 Å². The predicted octanol–water partition coefficient (Wildman–Crippen LogP) is 4.31. The maximum atomic E-state index is 13.3. The third-order valence-electron chi connectivity index (χ3n) is 4.45. The molecular formula is C18H19ClF3N3. The smallest absolute Gasteiger partial charge is 0.398 e. The van der Waals surface area contributed by atoms with Crippen LogP contribution >= 0.6 is 11.6 Å². The molecule has 1 fully saturated rings. The molecule has 0 saturated carbocycles. The Labute approximate surface area is 149 Å². The summed E-state index contributed by atoms with van der Waals surface area (Å²) < 4.78 is 40.0. The highest BCUT2D eigenvalue weighted by Gasteiger charge is 2.34. The Hall–Kier alpha value is -1.92. The van der Waals surface area contributed by atoms with E-state index < -0.39 is 11.7 Å². The lowest BCUT2D eigenvalue weighted by Gasteiger charge is -2.32. The molecule has 3 N–H and O–H groups in total. The van der Waals surface area contributed by atoms with Crippen LogP contribution in [0.15, 0.2) is 42.5 Å². The molecule has 134 valence electrons. The third-order valence-corrected chi connectivity index (χ3v) is 4.78. The molecule has 1 aliphatic rings. The Bertz CT molecular complexity index is 743. The Morgan fingerprint density at radius 3 is 2.60 bits per heavy atom. The number of nitrogen functional groups attached to an aromatic ring is 1. The van der Waals surface area contributed by atoms with Crippen molar-refractivity contribution in [3.05, 3.63) is 58.6 Å². The van der Waals surface area contributed by atoms with Crippen LogP contribution in [0.3, 0.4) is 0 Å². The first kappa shape index (κ1) is 17.9. The van der Waals surface area contributed by atoms with E-state index in [1.54, 1.807) is 24.3 Å². The molecule has 0 bridgehead atoms. The molecule has 0 radical (unpaired) electrons. The zero-order valence-corrected chi connectivity index (χ0v) is 14.2. The molecular weight excluding hydrogens is 351 g/mol. The summed E-state index contributed by atoms with van der Waals surface area (Å²) in [5.74, 6) is 0. The summed E-state index contributed by atoms with van der Waals surface area (Å²) >= 11 is 6.12. The molecule has 3 rings (SSSR count). The van der Waals surface area contributed by atoms with Crippen molar-refractivity contribution in [3.63, 3.8) is 0 Å². The minimum absolute atomic E-state index is 0.0981. The van der Waals surface area contributed by atoms with E-state index in [2.05, 4.69) is 5.32 Å².